The smallest absolute Gasteiger partial charge is 0.363 e. The first-order valence-corrected chi connectivity index (χ1v) is 9.05. The summed E-state index contributed by atoms with van der Waals surface area (Å²) in [5.41, 5.74) is -0.887. The summed E-state index contributed by atoms with van der Waals surface area (Å²) in [6.45, 7) is 5.15. The molecule has 0 amide bonds. The van der Waals surface area contributed by atoms with Crippen LogP contribution in [0.15, 0.2) is 6.07 Å². The minimum atomic E-state index is -4.48. The summed E-state index contributed by atoms with van der Waals surface area (Å²) in [6.07, 6.45) is -2.09. The maximum Gasteiger partial charge on any atom is 0.433 e. The number of piperazine rings is 1. The fourth-order valence-electron chi connectivity index (χ4n) is 3.66. The van der Waals surface area contributed by atoms with Crippen LogP contribution in [0.2, 0.25) is 0 Å². The van der Waals surface area contributed by atoms with Gasteiger partial charge in [-0.25, -0.2) is 4.98 Å². The van der Waals surface area contributed by atoms with Crippen LogP contribution in [0.3, 0.4) is 0 Å². The Hall–Kier alpha value is -1.61. The third-order valence-corrected chi connectivity index (χ3v) is 5.16. The molecule has 2 aliphatic rings. The lowest BCUT2D eigenvalue weighted by molar-refractivity contribution is -0.141. The molecule has 1 aromatic heterocycles. The number of likely N-dealkylation sites (tertiary alicyclic amines) is 1. The van der Waals surface area contributed by atoms with E-state index in [4.69, 9.17) is 0 Å². The van der Waals surface area contributed by atoms with Gasteiger partial charge in [-0.05, 0) is 26.4 Å². The molecule has 0 aliphatic carbocycles. The highest BCUT2D eigenvalue weighted by atomic mass is 19.4. The monoisotopic (exact) mass is 372 g/mol. The van der Waals surface area contributed by atoms with Gasteiger partial charge in [0.25, 0.3) is 0 Å². The third-order valence-electron chi connectivity index (χ3n) is 5.16. The lowest BCUT2D eigenvalue weighted by Gasteiger charge is -2.42. The molecule has 3 rings (SSSR count). The molecule has 0 spiro atoms. The molecule has 0 aromatic carbocycles. The summed E-state index contributed by atoms with van der Waals surface area (Å²) in [6, 6.07) is 1.54. The SMILES string of the molecule is CN1CCCC(N2CCN(c3nc(N(C)C)cc(C(F)(F)F)n3)CC2)C1. The number of piperidine rings is 1. The summed E-state index contributed by atoms with van der Waals surface area (Å²) >= 11 is 0. The largest absolute Gasteiger partial charge is 0.433 e. The van der Waals surface area contributed by atoms with Gasteiger partial charge in [-0.3, -0.25) is 4.90 Å². The van der Waals surface area contributed by atoms with Crippen molar-refractivity contribution >= 4 is 11.8 Å². The van der Waals surface area contributed by atoms with E-state index < -0.39 is 11.9 Å². The first-order chi connectivity index (χ1) is 12.2. The van der Waals surface area contributed by atoms with Crippen LogP contribution in [0.1, 0.15) is 18.5 Å². The molecule has 2 saturated heterocycles. The molecule has 6 nitrogen and oxygen atoms in total. The van der Waals surface area contributed by atoms with Crippen molar-refractivity contribution in [1.29, 1.82) is 0 Å². The zero-order valence-electron chi connectivity index (χ0n) is 15.6. The number of nitrogens with zero attached hydrogens (tertiary/aromatic N) is 6. The van der Waals surface area contributed by atoms with E-state index in [0.29, 0.717) is 19.1 Å². The number of anilines is 2. The van der Waals surface area contributed by atoms with Gasteiger partial charge in [0, 0.05) is 58.9 Å². The van der Waals surface area contributed by atoms with E-state index in [9.17, 15) is 13.2 Å². The van der Waals surface area contributed by atoms with Crippen LogP contribution in [0.25, 0.3) is 0 Å². The van der Waals surface area contributed by atoms with Crippen LogP contribution in [0.5, 0.6) is 0 Å². The predicted octanol–water partition coefficient (Wildman–Crippen LogP) is 1.78. The van der Waals surface area contributed by atoms with E-state index in [1.54, 1.807) is 19.0 Å². The molecule has 146 valence electrons. The highest BCUT2D eigenvalue weighted by Gasteiger charge is 2.35. The number of hydrogen-bond donors (Lipinski definition) is 0. The molecule has 2 fully saturated rings. The van der Waals surface area contributed by atoms with Crippen molar-refractivity contribution in [3.8, 4) is 0 Å². The highest BCUT2D eigenvalue weighted by Crippen LogP contribution is 2.31. The molecule has 0 radical (unpaired) electrons. The maximum absolute atomic E-state index is 13.2. The number of likely N-dealkylation sites (N-methyl/N-ethyl adjacent to an activating group) is 1. The van der Waals surface area contributed by atoms with Crippen molar-refractivity contribution in [2.24, 2.45) is 0 Å². The molecular formula is C17H27F3N6. The lowest BCUT2D eigenvalue weighted by atomic mass is 10.0. The molecule has 1 atom stereocenters. The average molecular weight is 372 g/mol. The second-order valence-electron chi connectivity index (χ2n) is 7.38. The Morgan fingerprint density at radius 1 is 1.08 bits per heavy atom. The fourth-order valence-corrected chi connectivity index (χ4v) is 3.66. The average Bonchev–Trinajstić information content (AvgIpc) is 2.61. The number of halogens is 3. The van der Waals surface area contributed by atoms with Gasteiger partial charge in [0.1, 0.15) is 5.82 Å². The van der Waals surface area contributed by atoms with Gasteiger partial charge < -0.3 is 14.7 Å². The second-order valence-corrected chi connectivity index (χ2v) is 7.38. The molecule has 2 aliphatic heterocycles. The molecular weight excluding hydrogens is 345 g/mol. The Bertz CT molecular complexity index is 613. The van der Waals surface area contributed by atoms with Crippen LogP contribution in [0.4, 0.5) is 24.9 Å². The zero-order valence-corrected chi connectivity index (χ0v) is 15.6. The van der Waals surface area contributed by atoms with Crippen LogP contribution in [-0.4, -0.2) is 86.2 Å². The summed E-state index contributed by atoms with van der Waals surface area (Å²) in [4.78, 5) is 16.4. The highest BCUT2D eigenvalue weighted by molar-refractivity contribution is 5.45. The minimum absolute atomic E-state index is 0.170. The minimum Gasteiger partial charge on any atom is -0.363 e. The normalized spacial score (nSPS) is 23.3. The molecule has 0 bridgehead atoms. The topological polar surface area (TPSA) is 38.7 Å². The first-order valence-electron chi connectivity index (χ1n) is 9.05. The van der Waals surface area contributed by atoms with Crippen molar-refractivity contribution in [3.05, 3.63) is 11.8 Å². The summed E-state index contributed by atoms with van der Waals surface area (Å²) in [5.74, 6) is 0.447. The van der Waals surface area contributed by atoms with Gasteiger partial charge in [-0.15, -0.1) is 0 Å². The van der Waals surface area contributed by atoms with Crippen molar-refractivity contribution in [3.63, 3.8) is 0 Å². The standard InChI is InChI=1S/C17H27F3N6/c1-23(2)15-11-14(17(18,19)20)21-16(22-15)26-9-7-25(8-10-26)13-5-4-6-24(3)12-13/h11,13H,4-10,12H2,1-3H3. The van der Waals surface area contributed by atoms with Crippen LogP contribution in [-0.2, 0) is 6.18 Å². The van der Waals surface area contributed by atoms with E-state index in [2.05, 4.69) is 26.8 Å². The third kappa shape index (κ3) is 4.37. The number of rotatable bonds is 3. The summed E-state index contributed by atoms with van der Waals surface area (Å²) in [7, 11) is 5.51. The van der Waals surface area contributed by atoms with E-state index in [1.165, 1.54) is 12.8 Å². The Balaban J connectivity index is 1.71. The first kappa shape index (κ1) is 19.2. The fraction of sp³-hybridized carbons (Fsp3) is 0.765. The Morgan fingerprint density at radius 2 is 1.77 bits per heavy atom. The number of hydrogen-bond acceptors (Lipinski definition) is 6. The van der Waals surface area contributed by atoms with Crippen molar-refractivity contribution in [2.75, 3.05) is 70.2 Å². The van der Waals surface area contributed by atoms with Crippen molar-refractivity contribution < 1.29 is 13.2 Å². The molecule has 26 heavy (non-hydrogen) atoms. The van der Waals surface area contributed by atoms with E-state index in [0.717, 1.165) is 32.2 Å². The molecule has 1 aromatic rings. The lowest BCUT2D eigenvalue weighted by Crippen LogP contribution is -2.54. The molecule has 1 unspecified atom stereocenters. The van der Waals surface area contributed by atoms with Crippen LogP contribution >= 0.6 is 0 Å². The Morgan fingerprint density at radius 3 is 2.35 bits per heavy atom. The Kier molecular flexibility index (Phi) is 5.57. The zero-order chi connectivity index (χ0) is 18.9. The number of aromatic nitrogens is 2. The van der Waals surface area contributed by atoms with Gasteiger partial charge in [0.2, 0.25) is 5.95 Å². The Labute approximate surface area is 152 Å². The molecule has 0 N–H and O–H groups in total. The molecule has 0 saturated carbocycles. The van der Waals surface area contributed by atoms with E-state index in [-0.39, 0.29) is 11.8 Å². The summed E-state index contributed by atoms with van der Waals surface area (Å²) < 4.78 is 39.5. The van der Waals surface area contributed by atoms with Gasteiger partial charge in [-0.2, -0.15) is 18.2 Å². The van der Waals surface area contributed by atoms with Crippen LogP contribution in [0, 0.1) is 0 Å². The van der Waals surface area contributed by atoms with Crippen molar-refractivity contribution in [2.45, 2.75) is 25.1 Å². The van der Waals surface area contributed by atoms with E-state index >= 15 is 0 Å². The van der Waals surface area contributed by atoms with E-state index in [1.807, 2.05) is 4.90 Å². The quantitative estimate of drug-likeness (QED) is 0.805. The van der Waals surface area contributed by atoms with Crippen LogP contribution < -0.4 is 9.80 Å². The number of alkyl halides is 3. The van der Waals surface area contributed by atoms with Gasteiger partial charge >= 0.3 is 6.18 Å². The van der Waals surface area contributed by atoms with Gasteiger partial charge in [-0.1, -0.05) is 0 Å². The predicted molar refractivity (Wildman–Crippen MR) is 95.7 cm³/mol. The molecule has 9 heteroatoms. The van der Waals surface area contributed by atoms with Gasteiger partial charge in [0.15, 0.2) is 5.69 Å². The second kappa shape index (κ2) is 7.56. The maximum atomic E-state index is 13.2. The van der Waals surface area contributed by atoms with Gasteiger partial charge in [0.05, 0.1) is 0 Å². The molecule has 3 heterocycles. The van der Waals surface area contributed by atoms with Crippen molar-refractivity contribution in [1.82, 2.24) is 19.8 Å². The summed E-state index contributed by atoms with van der Waals surface area (Å²) in [5, 5.41) is 0.